The van der Waals surface area contributed by atoms with E-state index >= 15 is 0 Å². The lowest BCUT2D eigenvalue weighted by Gasteiger charge is -2.35. The average molecular weight is 309 g/mol. The summed E-state index contributed by atoms with van der Waals surface area (Å²) in [6.07, 6.45) is 4.17. The van der Waals surface area contributed by atoms with Crippen molar-refractivity contribution in [2.24, 2.45) is 0 Å². The molecule has 1 N–H and O–H groups in total. The monoisotopic (exact) mass is 308 g/mol. The normalized spacial score (nSPS) is 12.9. The first kappa shape index (κ1) is 20.3. The third-order valence-electron chi connectivity index (χ3n) is 3.88. The molecule has 0 heterocycles. The lowest BCUT2D eigenvalue weighted by Crippen LogP contribution is -2.40. The molecule has 0 aromatic heterocycles. The van der Waals surface area contributed by atoms with Crippen molar-refractivity contribution >= 4 is 8.32 Å². The highest BCUT2D eigenvalue weighted by molar-refractivity contribution is 6.74. The number of unbranched alkanes of at least 4 members (excludes halogenated alkanes) is 3. The van der Waals surface area contributed by atoms with E-state index in [1.54, 1.807) is 0 Å². The molecule has 0 spiro atoms. The zero-order chi connectivity index (χ0) is 16.4. The number of hydrogen-bond acceptors (Lipinski definition) is 2. The smallest absolute Gasteiger partial charge is 0.192 e. The Bertz CT molecular complexity index is 399. The van der Waals surface area contributed by atoms with E-state index < -0.39 is 14.4 Å². The van der Waals surface area contributed by atoms with Gasteiger partial charge in [0.2, 0.25) is 0 Å². The van der Waals surface area contributed by atoms with E-state index in [4.69, 9.17) is 4.43 Å². The summed E-state index contributed by atoms with van der Waals surface area (Å²) in [6, 6.07) is 0. The summed E-state index contributed by atoms with van der Waals surface area (Å²) in [6.45, 7) is 13.9. The van der Waals surface area contributed by atoms with E-state index in [9.17, 15) is 5.11 Å². The van der Waals surface area contributed by atoms with Crippen molar-refractivity contribution in [2.45, 2.75) is 84.0 Å². The van der Waals surface area contributed by atoms with Crippen LogP contribution in [0.25, 0.3) is 0 Å². The Hall–Kier alpha value is -0.743. The molecule has 0 rings (SSSR count). The highest BCUT2D eigenvalue weighted by Gasteiger charge is 2.36. The van der Waals surface area contributed by atoms with Crippen LogP contribution >= 0.6 is 0 Å². The van der Waals surface area contributed by atoms with Crippen LogP contribution in [-0.4, -0.2) is 26.1 Å². The fourth-order valence-corrected chi connectivity index (χ4v) is 2.46. The van der Waals surface area contributed by atoms with Crippen molar-refractivity contribution in [2.75, 3.05) is 6.61 Å². The number of rotatable bonds is 6. The third-order valence-corrected chi connectivity index (χ3v) is 8.42. The molecule has 0 aromatic carbocycles. The third kappa shape index (κ3) is 9.75. The first-order valence-electron chi connectivity index (χ1n) is 7.99. The van der Waals surface area contributed by atoms with E-state index in [0.717, 1.165) is 12.8 Å². The predicted octanol–water partition coefficient (Wildman–Crippen LogP) is 4.35. The zero-order valence-corrected chi connectivity index (χ0v) is 15.7. The quantitative estimate of drug-likeness (QED) is 0.449. The Balaban J connectivity index is 3.98. The van der Waals surface area contributed by atoms with E-state index in [0.29, 0.717) is 13.0 Å². The fraction of sp³-hybridized carbons (Fsp3) is 0.778. The van der Waals surface area contributed by atoms with E-state index in [-0.39, 0.29) is 5.04 Å². The molecule has 3 heteroatoms. The van der Waals surface area contributed by atoms with Crippen molar-refractivity contribution < 1.29 is 9.53 Å². The van der Waals surface area contributed by atoms with Crippen LogP contribution in [0, 0.1) is 23.7 Å². The molecule has 0 radical (unpaired) electrons. The maximum absolute atomic E-state index is 9.61. The number of hydrogen-bond donors (Lipinski definition) is 1. The molecule has 1 atom stereocenters. The molecule has 0 amide bonds. The van der Waals surface area contributed by atoms with Crippen molar-refractivity contribution in [1.29, 1.82) is 0 Å². The SMILES string of the molecule is CCCCCC#C[C@@H](O)C#CCCO[Si](C)(C)C(C)(C)C. The maximum atomic E-state index is 9.61. The molecular weight excluding hydrogens is 276 g/mol. The van der Waals surface area contributed by atoms with Gasteiger partial charge in [-0.2, -0.15) is 0 Å². The molecule has 21 heavy (non-hydrogen) atoms. The topological polar surface area (TPSA) is 29.5 Å². The summed E-state index contributed by atoms with van der Waals surface area (Å²) in [4.78, 5) is 0. The molecule has 0 saturated heterocycles. The lowest BCUT2D eigenvalue weighted by molar-refractivity contribution is 0.287. The van der Waals surface area contributed by atoms with Gasteiger partial charge in [-0.25, -0.2) is 0 Å². The Kier molecular flexibility index (Phi) is 9.71. The van der Waals surface area contributed by atoms with Gasteiger partial charge in [-0.05, 0) is 24.6 Å². The van der Waals surface area contributed by atoms with E-state index in [1.807, 2.05) is 0 Å². The highest BCUT2D eigenvalue weighted by atomic mass is 28.4. The van der Waals surface area contributed by atoms with Crippen LogP contribution in [0.4, 0.5) is 0 Å². The first-order chi connectivity index (χ1) is 9.70. The molecule has 0 saturated carbocycles. The molecular formula is C18H32O2Si. The predicted molar refractivity (Wildman–Crippen MR) is 93.5 cm³/mol. The largest absolute Gasteiger partial charge is 0.416 e. The highest BCUT2D eigenvalue weighted by Crippen LogP contribution is 2.36. The van der Waals surface area contributed by atoms with Crippen molar-refractivity contribution in [3.05, 3.63) is 0 Å². The van der Waals surface area contributed by atoms with E-state index in [1.165, 1.54) is 12.8 Å². The van der Waals surface area contributed by atoms with Gasteiger partial charge in [0.15, 0.2) is 14.4 Å². The average Bonchev–Trinajstić information content (AvgIpc) is 2.36. The van der Waals surface area contributed by atoms with Gasteiger partial charge in [0, 0.05) is 19.4 Å². The zero-order valence-electron chi connectivity index (χ0n) is 14.7. The van der Waals surface area contributed by atoms with Crippen LogP contribution in [0.5, 0.6) is 0 Å². The Morgan fingerprint density at radius 2 is 1.62 bits per heavy atom. The molecule has 0 fully saturated rings. The molecule has 0 aliphatic rings. The van der Waals surface area contributed by atoms with Crippen LogP contribution in [0.3, 0.4) is 0 Å². The fourth-order valence-electron chi connectivity index (χ4n) is 1.41. The number of aliphatic hydroxyl groups excluding tert-OH is 1. The van der Waals surface area contributed by atoms with Crippen LogP contribution in [0.2, 0.25) is 18.1 Å². The van der Waals surface area contributed by atoms with Crippen LogP contribution in [0.1, 0.15) is 59.8 Å². The summed E-state index contributed by atoms with van der Waals surface area (Å²) in [5.74, 6) is 11.5. The van der Waals surface area contributed by atoms with Gasteiger partial charge in [-0.1, -0.05) is 64.2 Å². The molecule has 0 aliphatic heterocycles. The van der Waals surface area contributed by atoms with E-state index in [2.05, 4.69) is 64.5 Å². The Morgan fingerprint density at radius 3 is 2.14 bits per heavy atom. The second-order valence-electron chi connectivity index (χ2n) is 6.86. The molecule has 0 aromatic rings. The Labute approximate surface area is 132 Å². The minimum atomic E-state index is -1.67. The second kappa shape index (κ2) is 10.1. The molecule has 0 aliphatic carbocycles. The summed E-state index contributed by atoms with van der Waals surface area (Å²) in [7, 11) is -1.67. The summed E-state index contributed by atoms with van der Waals surface area (Å²) in [5.41, 5.74) is 0. The molecule has 0 unspecified atom stereocenters. The molecule has 2 nitrogen and oxygen atoms in total. The van der Waals surface area contributed by atoms with Crippen LogP contribution < -0.4 is 0 Å². The summed E-state index contributed by atoms with van der Waals surface area (Å²) >= 11 is 0. The van der Waals surface area contributed by atoms with Crippen molar-refractivity contribution in [3.8, 4) is 23.7 Å². The molecule has 120 valence electrons. The standard InChI is InChI=1S/C18H32O2Si/c1-7-8-9-10-11-14-17(19)15-12-13-16-20-21(5,6)18(2,3)4/h17,19H,7-10,13,16H2,1-6H3/t17-/m1/s1. The first-order valence-corrected chi connectivity index (χ1v) is 10.9. The van der Waals surface area contributed by atoms with Crippen LogP contribution in [0.15, 0.2) is 0 Å². The van der Waals surface area contributed by atoms with Gasteiger partial charge in [0.05, 0.1) is 0 Å². The van der Waals surface area contributed by atoms with Gasteiger partial charge in [-0.15, -0.1) is 0 Å². The minimum absolute atomic E-state index is 0.226. The summed E-state index contributed by atoms with van der Waals surface area (Å²) in [5, 5.41) is 9.84. The number of aliphatic hydroxyl groups is 1. The summed E-state index contributed by atoms with van der Waals surface area (Å²) < 4.78 is 6.02. The van der Waals surface area contributed by atoms with Crippen molar-refractivity contribution in [1.82, 2.24) is 0 Å². The minimum Gasteiger partial charge on any atom is -0.416 e. The molecule has 0 bridgehead atoms. The van der Waals surface area contributed by atoms with Gasteiger partial charge < -0.3 is 9.53 Å². The maximum Gasteiger partial charge on any atom is 0.192 e. The van der Waals surface area contributed by atoms with Gasteiger partial charge in [0.25, 0.3) is 0 Å². The van der Waals surface area contributed by atoms with Crippen LogP contribution in [-0.2, 0) is 4.43 Å². The van der Waals surface area contributed by atoms with Gasteiger partial charge in [0.1, 0.15) is 0 Å². The van der Waals surface area contributed by atoms with Crippen molar-refractivity contribution in [3.63, 3.8) is 0 Å². The lowest BCUT2D eigenvalue weighted by atomic mass is 10.2. The second-order valence-corrected chi connectivity index (χ2v) is 11.7. The Morgan fingerprint density at radius 1 is 1.05 bits per heavy atom. The van der Waals surface area contributed by atoms with Gasteiger partial charge in [-0.3, -0.25) is 0 Å². The van der Waals surface area contributed by atoms with Gasteiger partial charge >= 0.3 is 0 Å².